The Morgan fingerprint density at radius 2 is 2.24 bits per heavy atom. The average molecular weight is 272 g/mol. The summed E-state index contributed by atoms with van der Waals surface area (Å²) in [6.07, 6.45) is -0.283. The van der Waals surface area contributed by atoms with Crippen LogP contribution in [0.25, 0.3) is 0 Å². The van der Waals surface area contributed by atoms with Crippen molar-refractivity contribution in [1.29, 1.82) is 0 Å². The average Bonchev–Trinajstić information content (AvgIpc) is 2.81. The van der Waals surface area contributed by atoms with Gasteiger partial charge in [0.05, 0.1) is 11.6 Å². The van der Waals surface area contributed by atoms with Gasteiger partial charge in [0.15, 0.2) is 11.6 Å². The molecule has 1 heterocycles. The third-order valence-electron chi connectivity index (χ3n) is 2.19. The van der Waals surface area contributed by atoms with E-state index in [1.807, 2.05) is 12.3 Å². The summed E-state index contributed by atoms with van der Waals surface area (Å²) >= 11 is 7.14. The first-order chi connectivity index (χ1) is 8.20. The third-order valence-corrected chi connectivity index (χ3v) is 3.52. The van der Waals surface area contributed by atoms with Crippen molar-refractivity contribution in [1.82, 2.24) is 4.98 Å². The second-order valence-electron chi connectivity index (χ2n) is 3.50. The molecular weight excluding hydrogens is 261 g/mol. The van der Waals surface area contributed by atoms with Crippen molar-refractivity contribution in [2.75, 3.05) is 0 Å². The highest BCUT2D eigenvalue weighted by atomic mass is 35.5. The van der Waals surface area contributed by atoms with Crippen molar-refractivity contribution in [2.45, 2.75) is 18.9 Å². The van der Waals surface area contributed by atoms with Crippen molar-refractivity contribution >= 4 is 22.9 Å². The van der Waals surface area contributed by atoms with Crippen LogP contribution in [0.15, 0.2) is 29.6 Å². The molecule has 1 atom stereocenters. The SMILES string of the molecule is CC(Oc1ccccc1F)c1nc(CCl)cs1. The molecule has 0 aliphatic heterocycles. The van der Waals surface area contributed by atoms with Crippen LogP contribution in [-0.2, 0) is 5.88 Å². The van der Waals surface area contributed by atoms with Gasteiger partial charge in [-0.05, 0) is 19.1 Å². The molecule has 0 spiro atoms. The van der Waals surface area contributed by atoms with E-state index in [0.717, 1.165) is 10.7 Å². The molecule has 0 saturated heterocycles. The van der Waals surface area contributed by atoms with Gasteiger partial charge in [0.1, 0.15) is 11.1 Å². The molecule has 0 amide bonds. The molecule has 2 aromatic rings. The number of hydrogen-bond acceptors (Lipinski definition) is 3. The number of aromatic nitrogens is 1. The largest absolute Gasteiger partial charge is 0.480 e. The Kier molecular flexibility index (Phi) is 3.97. The van der Waals surface area contributed by atoms with Gasteiger partial charge in [-0.25, -0.2) is 9.37 Å². The Hall–Kier alpha value is -1.13. The van der Waals surface area contributed by atoms with Crippen molar-refractivity contribution in [3.8, 4) is 5.75 Å². The van der Waals surface area contributed by atoms with Gasteiger partial charge < -0.3 is 4.74 Å². The number of benzene rings is 1. The predicted molar refractivity (Wildman–Crippen MR) is 67.1 cm³/mol. The molecule has 17 heavy (non-hydrogen) atoms. The smallest absolute Gasteiger partial charge is 0.165 e. The molecule has 90 valence electrons. The topological polar surface area (TPSA) is 22.1 Å². The summed E-state index contributed by atoms with van der Waals surface area (Å²) in [5, 5.41) is 2.67. The molecule has 1 aromatic heterocycles. The lowest BCUT2D eigenvalue weighted by molar-refractivity contribution is 0.216. The Morgan fingerprint density at radius 1 is 1.47 bits per heavy atom. The molecule has 0 bridgehead atoms. The summed E-state index contributed by atoms with van der Waals surface area (Å²) in [6, 6.07) is 6.33. The molecule has 2 nitrogen and oxygen atoms in total. The first-order valence-corrected chi connectivity index (χ1v) is 6.53. The molecule has 0 aliphatic carbocycles. The van der Waals surface area contributed by atoms with E-state index in [1.54, 1.807) is 18.2 Å². The van der Waals surface area contributed by atoms with Crippen LogP contribution in [0.2, 0.25) is 0 Å². The lowest BCUT2D eigenvalue weighted by Crippen LogP contribution is -2.04. The number of rotatable bonds is 4. The van der Waals surface area contributed by atoms with E-state index < -0.39 is 0 Å². The van der Waals surface area contributed by atoms with Crippen molar-refractivity contribution in [3.63, 3.8) is 0 Å². The number of halogens is 2. The van der Waals surface area contributed by atoms with E-state index >= 15 is 0 Å². The van der Waals surface area contributed by atoms with Gasteiger partial charge in [0.25, 0.3) is 0 Å². The molecular formula is C12H11ClFNOS. The van der Waals surface area contributed by atoms with E-state index in [4.69, 9.17) is 16.3 Å². The first-order valence-electron chi connectivity index (χ1n) is 5.12. The molecule has 0 N–H and O–H groups in total. The Labute approximate surface area is 108 Å². The fourth-order valence-corrected chi connectivity index (χ4v) is 2.38. The van der Waals surface area contributed by atoms with Crippen LogP contribution in [0, 0.1) is 5.82 Å². The maximum atomic E-state index is 13.4. The summed E-state index contributed by atoms with van der Waals surface area (Å²) < 4.78 is 18.9. The van der Waals surface area contributed by atoms with E-state index in [-0.39, 0.29) is 17.7 Å². The quantitative estimate of drug-likeness (QED) is 0.779. The van der Waals surface area contributed by atoms with Crippen LogP contribution in [0.3, 0.4) is 0 Å². The van der Waals surface area contributed by atoms with Crippen molar-refractivity contribution in [2.24, 2.45) is 0 Å². The van der Waals surface area contributed by atoms with Gasteiger partial charge >= 0.3 is 0 Å². The van der Waals surface area contributed by atoms with Gasteiger partial charge in [0.2, 0.25) is 0 Å². The molecule has 0 fully saturated rings. The standard InChI is InChI=1S/C12H11ClFNOS/c1-8(12-15-9(6-13)7-17-12)16-11-5-3-2-4-10(11)14/h2-5,7-8H,6H2,1H3. The lowest BCUT2D eigenvalue weighted by atomic mass is 10.3. The minimum Gasteiger partial charge on any atom is -0.480 e. The van der Waals surface area contributed by atoms with Crippen LogP contribution in [0.5, 0.6) is 5.75 Å². The van der Waals surface area contributed by atoms with Crippen LogP contribution < -0.4 is 4.74 Å². The number of ether oxygens (including phenoxy) is 1. The van der Waals surface area contributed by atoms with Crippen LogP contribution in [0.4, 0.5) is 4.39 Å². The number of thiazole rings is 1. The lowest BCUT2D eigenvalue weighted by Gasteiger charge is -2.12. The summed E-state index contributed by atoms with van der Waals surface area (Å²) in [6.45, 7) is 1.84. The maximum absolute atomic E-state index is 13.4. The zero-order chi connectivity index (χ0) is 12.3. The number of alkyl halides is 1. The predicted octanol–water partition coefficient (Wildman–Crippen LogP) is 4.16. The Morgan fingerprint density at radius 3 is 2.88 bits per heavy atom. The van der Waals surface area contributed by atoms with Crippen molar-refractivity contribution < 1.29 is 9.13 Å². The van der Waals surface area contributed by atoms with Gasteiger partial charge in [-0.15, -0.1) is 22.9 Å². The molecule has 2 rings (SSSR count). The minimum absolute atomic E-state index is 0.239. The first kappa shape index (κ1) is 12.3. The fraction of sp³-hybridized carbons (Fsp3) is 0.250. The highest BCUT2D eigenvalue weighted by molar-refractivity contribution is 7.09. The highest BCUT2D eigenvalue weighted by Gasteiger charge is 2.13. The van der Waals surface area contributed by atoms with Gasteiger partial charge in [0, 0.05) is 5.38 Å². The third kappa shape index (κ3) is 2.96. The molecule has 0 saturated carbocycles. The minimum atomic E-state index is -0.367. The van der Waals surface area contributed by atoms with Gasteiger partial charge in [-0.2, -0.15) is 0 Å². The molecule has 1 unspecified atom stereocenters. The molecule has 1 aromatic carbocycles. The van der Waals surface area contributed by atoms with Gasteiger partial charge in [-0.1, -0.05) is 12.1 Å². The zero-order valence-electron chi connectivity index (χ0n) is 9.19. The maximum Gasteiger partial charge on any atom is 0.165 e. The summed E-state index contributed by atoms with van der Waals surface area (Å²) in [5.74, 6) is 0.249. The number of para-hydroxylation sites is 1. The normalized spacial score (nSPS) is 12.4. The van der Waals surface area contributed by atoms with Crippen LogP contribution in [-0.4, -0.2) is 4.98 Å². The van der Waals surface area contributed by atoms with E-state index in [0.29, 0.717) is 5.88 Å². The van der Waals surface area contributed by atoms with Crippen molar-refractivity contribution in [3.05, 3.63) is 46.2 Å². The summed E-state index contributed by atoms with van der Waals surface area (Å²) in [5.41, 5.74) is 0.815. The second kappa shape index (κ2) is 5.47. The monoisotopic (exact) mass is 271 g/mol. The van der Waals surface area contributed by atoms with Crippen LogP contribution >= 0.6 is 22.9 Å². The fourth-order valence-electron chi connectivity index (χ4n) is 1.35. The van der Waals surface area contributed by atoms with Crippen LogP contribution in [0.1, 0.15) is 23.7 Å². The summed E-state index contributed by atoms with van der Waals surface area (Å²) in [7, 11) is 0. The zero-order valence-corrected chi connectivity index (χ0v) is 10.8. The van der Waals surface area contributed by atoms with E-state index in [1.165, 1.54) is 17.4 Å². The molecule has 0 aliphatic rings. The molecule has 0 radical (unpaired) electrons. The van der Waals surface area contributed by atoms with E-state index in [9.17, 15) is 4.39 Å². The second-order valence-corrected chi connectivity index (χ2v) is 4.66. The Bertz CT molecular complexity index is 503. The number of nitrogens with zero attached hydrogens (tertiary/aromatic N) is 1. The van der Waals surface area contributed by atoms with E-state index in [2.05, 4.69) is 4.98 Å². The number of hydrogen-bond donors (Lipinski definition) is 0. The molecule has 5 heteroatoms. The Balaban J connectivity index is 2.11. The highest BCUT2D eigenvalue weighted by Crippen LogP contribution is 2.26. The van der Waals surface area contributed by atoms with Gasteiger partial charge in [-0.3, -0.25) is 0 Å². The summed E-state index contributed by atoms with van der Waals surface area (Å²) in [4.78, 5) is 4.29.